The number of aliphatic carboxylic acids is 1. The quantitative estimate of drug-likeness (QED) is 0.779. The largest absolute Gasteiger partial charge is 0.497 e. The second-order valence-electron chi connectivity index (χ2n) is 3.38. The van der Waals surface area contributed by atoms with Gasteiger partial charge in [-0.1, -0.05) is 6.07 Å². The Balaban J connectivity index is 2.96. The number of hydrogen-bond acceptors (Lipinski definition) is 4. The van der Waals surface area contributed by atoms with Gasteiger partial charge in [-0.3, -0.25) is 9.00 Å². The highest BCUT2D eigenvalue weighted by Gasteiger charge is 2.25. The summed E-state index contributed by atoms with van der Waals surface area (Å²) in [6.45, 7) is 0.187. The monoisotopic (exact) mass is 257 g/mol. The number of rotatable bonds is 6. The van der Waals surface area contributed by atoms with E-state index in [0.29, 0.717) is 10.6 Å². The van der Waals surface area contributed by atoms with Crippen LogP contribution in [-0.2, 0) is 15.6 Å². The van der Waals surface area contributed by atoms with Crippen LogP contribution >= 0.6 is 0 Å². The number of hydrogen-bond donors (Lipinski definition) is 2. The first-order chi connectivity index (χ1) is 8.10. The molecule has 5 nitrogen and oxygen atoms in total. The van der Waals surface area contributed by atoms with Crippen LogP contribution in [0.2, 0.25) is 0 Å². The molecule has 17 heavy (non-hydrogen) atoms. The Kier molecular flexibility index (Phi) is 5.11. The first-order valence-electron chi connectivity index (χ1n) is 5.07. The van der Waals surface area contributed by atoms with Crippen molar-refractivity contribution in [1.29, 1.82) is 0 Å². The van der Waals surface area contributed by atoms with Crippen LogP contribution < -0.4 is 10.5 Å². The van der Waals surface area contributed by atoms with Crippen LogP contribution in [0.1, 0.15) is 6.42 Å². The van der Waals surface area contributed by atoms with Crippen LogP contribution in [0.25, 0.3) is 0 Å². The molecule has 0 amide bonds. The standard InChI is InChI=1S/C11H15NO4S/c1-16-8-3-2-4-9(7-8)17(15)10(5-6-12)11(13)14/h2-4,7,10H,5-6,12H2,1H3,(H,13,14). The summed E-state index contributed by atoms with van der Waals surface area (Å²) in [6.07, 6.45) is 0.180. The average molecular weight is 257 g/mol. The van der Waals surface area contributed by atoms with E-state index in [1.54, 1.807) is 24.3 Å². The lowest BCUT2D eigenvalue weighted by Gasteiger charge is -2.11. The minimum Gasteiger partial charge on any atom is -0.497 e. The molecule has 0 aliphatic carbocycles. The molecule has 1 rings (SSSR count). The topological polar surface area (TPSA) is 89.6 Å². The number of benzene rings is 1. The zero-order chi connectivity index (χ0) is 12.8. The Morgan fingerprint density at radius 2 is 2.29 bits per heavy atom. The number of carboxylic acids is 1. The van der Waals surface area contributed by atoms with E-state index in [0.717, 1.165) is 0 Å². The van der Waals surface area contributed by atoms with Gasteiger partial charge >= 0.3 is 5.97 Å². The van der Waals surface area contributed by atoms with Gasteiger partial charge in [0.25, 0.3) is 0 Å². The molecule has 94 valence electrons. The molecule has 2 unspecified atom stereocenters. The van der Waals surface area contributed by atoms with E-state index in [4.69, 9.17) is 15.6 Å². The lowest BCUT2D eigenvalue weighted by Crippen LogP contribution is -2.28. The maximum atomic E-state index is 12.1. The summed E-state index contributed by atoms with van der Waals surface area (Å²) < 4.78 is 17.1. The molecule has 1 aromatic carbocycles. The van der Waals surface area contributed by atoms with Gasteiger partial charge in [0.05, 0.1) is 17.9 Å². The smallest absolute Gasteiger partial charge is 0.319 e. The van der Waals surface area contributed by atoms with E-state index in [2.05, 4.69) is 0 Å². The van der Waals surface area contributed by atoms with Gasteiger partial charge in [0, 0.05) is 4.90 Å². The highest BCUT2D eigenvalue weighted by atomic mass is 32.2. The Morgan fingerprint density at radius 3 is 2.82 bits per heavy atom. The van der Waals surface area contributed by atoms with Gasteiger partial charge in [-0.15, -0.1) is 0 Å². The molecule has 3 N–H and O–H groups in total. The second kappa shape index (κ2) is 6.36. The molecule has 0 aliphatic rings. The van der Waals surface area contributed by atoms with Crippen molar-refractivity contribution in [3.8, 4) is 5.75 Å². The Bertz CT molecular complexity index is 422. The van der Waals surface area contributed by atoms with E-state index >= 15 is 0 Å². The van der Waals surface area contributed by atoms with Crippen molar-refractivity contribution in [3.05, 3.63) is 24.3 Å². The fraction of sp³-hybridized carbons (Fsp3) is 0.364. The molecule has 0 radical (unpaired) electrons. The van der Waals surface area contributed by atoms with Crippen molar-refractivity contribution in [2.45, 2.75) is 16.6 Å². The molecule has 0 heterocycles. The predicted molar refractivity (Wildman–Crippen MR) is 64.5 cm³/mol. The van der Waals surface area contributed by atoms with Gasteiger partial charge in [0.1, 0.15) is 11.0 Å². The number of ether oxygens (including phenoxy) is 1. The lowest BCUT2D eigenvalue weighted by molar-refractivity contribution is -0.136. The second-order valence-corrected chi connectivity index (χ2v) is 5.02. The minimum atomic E-state index is -1.62. The third kappa shape index (κ3) is 3.54. The van der Waals surface area contributed by atoms with Gasteiger partial charge in [0.2, 0.25) is 0 Å². The normalized spacial score (nSPS) is 14.0. The summed E-state index contributed by atoms with van der Waals surface area (Å²) >= 11 is 0. The van der Waals surface area contributed by atoms with Crippen molar-refractivity contribution in [1.82, 2.24) is 0 Å². The van der Waals surface area contributed by atoms with Crippen molar-refractivity contribution >= 4 is 16.8 Å². The molecule has 6 heteroatoms. The maximum absolute atomic E-state index is 12.1. The van der Waals surface area contributed by atoms with Crippen LogP contribution in [0.4, 0.5) is 0 Å². The van der Waals surface area contributed by atoms with E-state index in [1.807, 2.05) is 0 Å². The molecule has 0 bridgehead atoms. The SMILES string of the molecule is COc1cccc(S(=O)C(CCN)C(=O)O)c1. The van der Waals surface area contributed by atoms with Gasteiger partial charge in [-0.25, -0.2) is 0 Å². The minimum absolute atomic E-state index is 0.180. The van der Waals surface area contributed by atoms with Gasteiger partial charge in [0.15, 0.2) is 0 Å². The van der Waals surface area contributed by atoms with E-state index in [9.17, 15) is 9.00 Å². The van der Waals surface area contributed by atoms with E-state index in [1.165, 1.54) is 7.11 Å². The predicted octanol–water partition coefficient (Wildman–Crippen LogP) is 0.605. The molecular formula is C11H15NO4S. The molecule has 0 aliphatic heterocycles. The first kappa shape index (κ1) is 13.7. The number of methoxy groups -OCH3 is 1. The van der Waals surface area contributed by atoms with Crippen LogP contribution in [-0.4, -0.2) is 34.2 Å². The summed E-state index contributed by atoms with van der Waals surface area (Å²) in [5.74, 6) is -0.552. The molecule has 0 fully saturated rings. The van der Waals surface area contributed by atoms with Gasteiger partial charge in [-0.2, -0.15) is 0 Å². The molecular weight excluding hydrogens is 242 g/mol. The maximum Gasteiger partial charge on any atom is 0.319 e. The number of carboxylic acid groups (broad SMARTS) is 1. The Morgan fingerprint density at radius 1 is 1.59 bits per heavy atom. The van der Waals surface area contributed by atoms with Crippen molar-refractivity contribution in [2.24, 2.45) is 5.73 Å². The number of carbonyl (C=O) groups is 1. The summed E-state index contributed by atoms with van der Waals surface area (Å²) in [4.78, 5) is 11.4. The third-order valence-electron chi connectivity index (χ3n) is 2.24. The Hall–Kier alpha value is -1.40. The zero-order valence-corrected chi connectivity index (χ0v) is 10.3. The summed E-state index contributed by atoms with van der Waals surface area (Å²) in [6, 6.07) is 6.57. The average Bonchev–Trinajstić information content (AvgIpc) is 2.34. The molecule has 0 spiro atoms. The molecule has 2 atom stereocenters. The van der Waals surface area contributed by atoms with Crippen molar-refractivity contribution in [3.63, 3.8) is 0 Å². The van der Waals surface area contributed by atoms with Crippen LogP contribution in [0.3, 0.4) is 0 Å². The highest BCUT2D eigenvalue weighted by Crippen LogP contribution is 2.19. The molecule has 1 aromatic rings. The molecule has 0 aromatic heterocycles. The summed E-state index contributed by atoms with van der Waals surface area (Å²) in [5.41, 5.74) is 5.32. The van der Waals surface area contributed by atoms with Crippen LogP contribution in [0, 0.1) is 0 Å². The van der Waals surface area contributed by atoms with E-state index < -0.39 is 22.0 Å². The highest BCUT2D eigenvalue weighted by molar-refractivity contribution is 7.86. The van der Waals surface area contributed by atoms with Gasteiger partial charge in [-0.05, 0) is 31.2 Å². The zero-order valence-electron chi connectivity index (χ0n) is 9.46. The fourth-order valence-corrected chi connectivity index (χ4v) is 2.67. The summed E-state index contributed by atoms with van der Waals surface area (Å²) in [5, 5.41) is 8.00. The molecule has 0 saturated heterocycles. The molecule has 0 saturated carbocycles. The third-order valence-corrected chi connectivity index (χ3v) is 3.91. The first-order valence-corrected chi connectivity index (χ1v) is 6.29. The fourth-order valence-electron chi connectivity index (χ4n) is 1.36. The van der Waals surface area contributed by atoms with E-state index in [-0.39, 0.29) is 13.0 Å². The van der Waals surface area contributed by atoms with Crippen LogP contribution in [0.15, 0.2) is 29.2 Å². The van der Waals surface area contributed by atoms with Crippen LogP contribution in [0.5, 0.6) is 5.75 Å². The lowest BCUT2D eigenvalue weighted by atomic mass is 10.3. The van der Waals surface area contributed by atoms with Crippen molar-refractivity contribution < 1.29 is 18.8 Å². The Labute approximate surface area is 102 Å². The van der Waals surface area contributed by atoms with Gasteiger partial charge < -0.3 is 15.6 Å². The van der Waals surface area contributed by atoms with Crippen molar-refractivity contribution in [2.75, 3.05) is 13.7 Å². The summed E-state index contributed by atoms with van der Waals surface area (Å²) in [7, 11) is -0.126. The number of nitrogens with two attached hydrogens (primary N) is 1.